The summed E-state index contributed by atoms with van der Waals surface area (Å²) in [5.41, 5.74) is 8.27. The molecule has 0 amide bonds. The maximum absolute atomic E-state index is 11.3. The molecule has 5 aromatic carbocycles. The number of aryl methyl sites for hydroxylation is 1. The molecule has 0 bridgehead atoms. The topological polar surface area (TPSA) is 93.1 Å². The number of carbonyl (C=O) groups is 2. The average molecular weight is 779 g/mol. The van der Waals surface area contributed by atoms with E-state index in [2.05, 4.69) is 72.2 Å². The quantitative estimate of drug-likeness (QED) is 0.0756. The van der Waals surface area contributed by atoms with Crippen LogP contribution in [0.4, 0.5) is 0 Å². The first-order valence-corrected chi connectivity index (χ1v) is 20.0. The van der Waals surface area contributed by atoms with Crippen molar-refractivity contribution < 1.29 is 29.3 Å². The fourth-order valence-electron chi connectivity index (χ4n) is 5.47. The highest BCUT2D eigenvalue weighted by Gasteiger charge is 2.17. The van der Waals surface area contributed by atoms with Crippen LogP contribution in [-0.4, -0.2) is 53.0 Å². The molecule has 0 saturated heterocycles. The van der Waals surface area contributed by atoms with Crippen molar-refractivity contribution in [2.45, 2.75) is 36.2 Å². The Hall–Kier alpha value is -5.90. The number of hydrogen-bond acceptors (Lipinski definition) is 6. The summed E-state index contributed by atoms with van der Waals surface area (Å²) in [6.45, 7) is 3.72. The predicted molar refractivity (Wildman–Crippen MR) is 228 cm³/mol. The third-order valence-corrected chi connectivity index (χ3v) is 10.2. The third-order valence-electron chi connectivity index (χ3n) is 8.33. The maximum Gasteiger partial charge on any atom is 0.341 e. The monoisotopic (exact) mass is 778 g/mol. The number of hydrogen-bond donors (Lipinski definition) is 2. The zero-order valence-corrected chi connectivity index (χ0v) is 32.9. The van der Waals surface area contributed by atoms with Gasteiger partial charge in [0.25, 0.3) is 0 Å². The zero-order valence-electron chi connectivity index (χ0n) is 31.2. The van der Waals surface area contributed by atoms with Crippen LogP contribution < -0.4 is 4.74 Å². The summed E-state index contributed by atoms with van der Waals surface area (Å²) in [4.78, 5) is 24.3. The lowest BCUT2D eigenvalue weighted by Gasteiger charge is -2.12. The Morgan fingerprint density at radius 2 is 1.16 bits per heavy atom. The van der Waals surface area contributed by atoms with Crippen LogP contribution in [-0.2, 0) is 20.7 Å². The van der Waals surface area contributed by atoms with Crippen LogP contribution in [0.1, 0.15) is 29.2 Å². The Labute approximate surface area is 337 Å². The molecule has 2 N–H and O–H groups in total. The van der Waals surface area contributed by atoms with Crippen molar-refractivity contribution >= 4 is 35.5 Å². The number of carboxylic acid groups (broad SMARTS) is 2. The molecule has 1 unspecified atom stereocenters. The van der Waals surface area contributed by atoms with Gasteiger partial charge in [-0.25, -0.2) is 9.59 Å². The summed E-state index contributed by atoms with van der Waals surface area (Å²) in [5.74, 6) is 12.8. The molecule has 0 aliphatic rings. The van der Waals surface area contributed by atoms with Crippen LogP contribution in [0.25, 0.3) is 22.3 Å². The lowest BCUT2D eigenvalue weighted by molar-refractivity contribution is -0.150. The van der Waals surface area contributed by atoms with E-state index in [0.717, 1.165) is 65.8 Å². The maximum atomic E-state index is 11.3. The highest BCUT2D eigenvalue weighted by Crippen LogP contribution is 2.27. The summed E-state index contributed by atoms with van der Waals surface area (Å²) in [7, 11) is 0. The van der Waals surface area contributed by atoms with E-state index in [1.165, 1.54) is 0 Å². The number of allylic oxidation sites excluding steroid dienone is 2. The summed E-state index contributed by atoms with van der Waals surface area (Å²) < 4.78 is 10.6. The van der Waals surface area contributed by atoms with Crippen molar-refractivity contribution in [3.63, 3.8) is 0 Å². The molecule has 0 fully saturated rings. The van der Waals surface area contributed by atoms with Crippen LogP contribution in [0.2, 0.25) is 0 Å². The van der Waals surface area contributed by atoms with Gasteiger partial charge < -0.3 is 19.7 Å². The Morgan fingerprint density at radius 1 is 0.679 bits per heavy atom. The number of aliphatic carboxylic acids is 2. The van der Waals surface area contributed by atoms with Crippen molar-refractivity contribution in [1.29, 1.82) is 0 Å². The minimum Gasteiger partial charge on any atom is -0.482 e. The molecule has 8 heteroatoms. The van der Waals surface area contributed by atoms with E-state index in [4.69, 9.17) is 14.6 Å². The largest absolute Gasteiger partial charge is 0.482 e. The number of ether oxygens (including phenoxy) is 2. The Kier molecular flexibility index (Phi) is 16.1. The average Bonchev–Trinajstić information content (AvgIpc) is 3.21. The molecule has 1 atom stereocenters. The Morgan fingerprint density at radius 3 is 1.62 bits per heavy atom. The normalized spacial score (nSPS) is 11.4. The SMILES string of the molecule is CCOC(Cc1ccc(SCC=CC#Cc2ccc(-c3ccc(-c4ccc(C#CC=CCSc5ccc(OCC(=O)O)c(C)c5)cc4)cc3)cc2)cc1)C(=O)O. The van der Waals surface area contributed by atoms with Gasteiger partial charge in [0.1, 0.15) is 5.75 Å². The number of carboxylic acids is 2. The molecule has 0 spiro atoms. The molecule has 0 aliphatic carbocycles. The van der Waals surface area contributed by atoms with Gasteiger partial charge >= 0.3 is 11.9 Å². The summed E-state index contributed by atoms with van der Waals surface area (Å²) in [5, 5.41) is 18.1. The van der Waals surface area contributed by atoms with E-state index in [0.29, 0.717) is 18.8 Å². The van der Waals surface area contributed by atoms with Crippen LogP contribution >= 0.6 is 23.5 Å². The van der Waals surface area contributed by atoms with Gasteiger partial charge in [-0.15, -0.1) is 23.5 Å². The van der Waals surface area contributed by atoms with Crippen LogP contribution in [0.3, 0.4) is 0 Å². The molecule has 5 aromatic rings. The second-order valence-electron chi connectivity index (χ2n) is 12.4. The lowest BCUT2D eigenvalue weighted by Crippen LogP contribution is -2.26. The van der Waals surface area contributed by atoms with Gasteiger partial charge in [0.15, 0.2) is 12.7 Å². The van der Waals surface area contributed by atoms with Gasteiger partial charge in [0, 0.05) is 45.5 Å². The molecule has 0 aromatic heterocycles. The Bertz CT molecular complexity index is 2250. The van der Waals surface area contributed by atoms with Crippen LogP contribution in [0.15, 0.2) is 149 Å². The molecule has 5 rings (SSSR count). The van der Waals surface area contributed by atoms with Crippen molar-refractivity contribution in [2.24, 2.45) is 0 Å². The van der Waals surface area contributed by atoms with Gasteiger partial charge in [-0.05, 0) is 114 Å². The second kappa shape index (κ2) is 21.9. The Balaban J connectivity index is 1.04. The molecule has 0 radical (unpaired) electrons. The molecular formula is C48H42O6S2. The van der Waals surface area contributed by atoms with E-state index in [1.54, 1.807) is 36.5 Å². The van der Waals surface area contributed by atoms with E-state index in [9.17, 15) is 14.7 Å². The fraction of sp³-hybridized carbons (Fsp3) is 0.167. The first-order chi connectivity index (χ1) is 27.3. The van der Waals surface area contributed by atoms with E-state index in [-0.39, 0.29) is 6.61 Å². The highest BCUT2D eigenvalue weighted by atomic mass is 32.2. The van der Waals surface area contributed by atoms with E-state index in [1.807, 2.05) is 91.9 Å². The molecular weight excluding hydrogens is 737 g/mol. The first kappa shape index (κ1) is 41.3. The summed E-state index contributed by atoms with van der Waals surface area (Å²) in [6.07, 6.45) is 7.33. The van der Waals surface area contributed by atoms with Gasteiger partial charge in [-0.3, -0.25) is 0 Å². The van der Waals surface area contributed by atoms with E-state index < -0.39 is 18.0 Å². The number of benzene rings is 5. The number of thioether (sulfide) groups is 2. The molecule has 282 valence electrons. The lowest BCUT2D eigenvalue weighted by atomic mass is 9.99. The molecule has 56 heavy (non-hydrogen) atoms. The highest BCUT2D eigenvalue weighted by molar-refractivity contribution is 7.99. The molecule has 0 aliphatic heterocycles. The summed E-state index contributed by atoms with van der Waals surface area (Å²) >= 11 is 3.37. The van der Waals surface area contributed by atoms with Gasteiger partial charge in [0.05, 0.1) is 0 Å². The molecule has 0 heterocycles. The predicted octanol–water partition coefficient (Wildman–Crippen LogP) is 10.2. The van der Waals surface area contributed by atoms with Crippen molar-refractivity contribution in [2.75, 3.05) is 24.7 Å². The fourth-order valence-corrected chi connectivity index (χ4v) is 6.99. The van der Waals surface area contributed by atoms with E-state index >= 15 is 0 Å². The number of rotatable bonds is 16. The van der Waals surface area contributed by atoms with Gasteiger partial charge in [-0.1, -0.05) is 96.5 Å². The van der Waals surface area contributed by atoms with Gasteiger partial charge in [0.2, 0.25) is 0 Å². The summed E-state index contributed by atoms with van der Waals surface area (Å²) in [6, 6.07) is 38.7. The van der Waals surface area contributed by atoms with Crippen molar-refractivity contribution in [3.05, 3.63) is 162 Å². The minimum atomic E-state index is -0.994. The first-order valence-electron chi connectivity index (χ1n) is 18.1. The molecule has 0 saturated carbocycles. The third kappa shape index (κ3) is 13.4. The zero-order chi connectivity index (χ0) is 39.5. The molecule has 6 nitrogen and oxygen atoms in total. The smallest absolute Gasteiger partial charge is 0.341 e. The standard InChI is InChI=1S/C48H42O6S2/c1-3-53-46(48(51)52)33-38-16-26-43(27-17-38)55-30-8-4-6-10-36-12-18-39(19-13-36)41-22-24-42(25-23-41)40-20-14-37(15-21-40)11-7-5-9-31-56-44-28-29-45(35(2)32-44)54-34-47(49)50/h4-5,8-9,12-29,32,46H,3,30-31,33-34H2,1-2H3,(H,49,50)(H,51,52). The van der Waals surface area contributed by atoms with Crippen LogP contribution in [0.5, 0.6) is 5.75 Å². The minimum absolute atomic E-state index is 0.349. The second-order valence-corrected chi connectivity index (χ2v) is 14.6. The van der Waals surface area contributed by atoms with Gasteiger partial charge in [-0.2, -0.15) is 0 Å². The van der Waals surface area contributed by atoms with Crippen molar-refractivity contribution in [1.82, 2.24) is 0 Å². The van der Waals surface area contributed by atoms with Crippen LogP contribution in [0, 0.1) is 30.6 Å². The van der Waals surface area contributed by atoms with Crippen molar-refractivity contribution in [3.8, 4) is 51.7 Å².